The molecule has 0 aliphatic carbocycles. The van der Waals surface area contributed by atoms with E-state index in [1.807, 2.05) is 37.3 Å². The average Bonchev–Trinajstić information content (AvgIpc) is 2.85. The first-order valence-corrected chi connectivity index (χ1v) is 11.3. The summed E-state index contributed by atoms with van der Waals surface area (Å²) in [6.07, 6.45) is 4.53. The SMILES string of the molecule is CCN(CC(=O)NCc1ccc(F)cc1)C(=O)C1CCN(C(=O)/C=C/c2ccccc2)CC1. The molecule has 1 aliphatic heterocycles. The maximum Gasteiger partial charge on any atom is 0.246 e. The van der Waals surface area contributed by atoms with E-state index >= 15 is 0 Å². The number of nitrogens with one attached hydrogen (secondary N) is 1. The van der Waals surface area contributed by atoms with Gasteiger partial charge in [0.1, 0.15) is 5.82 Å². The molecular formula is C26H30FN3O3. The zero-order valence-electron chi connectivity index (χ0n) is 18.9. The lowest BCUT2D eigenvalue weighted by Gasteiger charge is -2.33. The highest BCUT2D eigenvalue weighted by atomic mass is 19.1. The molecule has 2 aromatic carbocycles. The van der Waals surface area contributed by atoms with Gasteiger partial charge in [0.25, 0.3) is 0 Å². The Hall–Kier alpha value is -3.48. The molecule has 1 fully saturated rings. The molecule has 0 radical (unpaired) electrons. The number of halogens is 1. The normalized spacial score (nSPS) is 14.3. The van der Waals surface area contributed by atoms with Gasteiger partial charge in [-0.2, -0.15) is 0 Å². The molecule has 1 heterocycles. The third-order valence-electron chi connectivity index (χ3n) is 5.80. The smallest absolute Gasteiger partial charge is 0.246 e. The van der Waals surface area contributed by atoms with Crippen molar-refractivity contribution in [3.05, 3.63) is 77.6 Å². The first-order chi connectivity index (χ1) is 16.0. The van der Waals surface area contributed by atoms with Crippen LogP contribution in [0, 0.1) is 11.7 Å². The van der Waals surface area contributed by atoms with E-state index in [0.29, 0.717) is 32.5 Å². The van der Waals surface area contributed by atoms with Crippen LogP contribution in [0.5, 0.6) is 0 Å². The second-order valence-electron chi connectivity index (χ2n) is 8.10. The number of piperidine rings is 1. The van der Waals surface area contributed by atoms with Crippen molar-refractivity contribution in [3.8, 4) is 0 Å². The topological polar surface area (TPSA) is 69.7 Å². The Kier molecular flexibility index (Phi) is 8.75. The number of carbonyl (C=O) groups is 3. The first kappa shape index (κ1) is 24.2. The maximum absolute atomic E-state index is 13.0. The molecule has 1 saturated heterocycles. The molecule has 0 saturated carbocycles. The van der Waals surface area contributed by atoms with Crippen LogP contribution in [-0.2, 0) is 20.9 Å². The number of carbonyl (C=O) groups excluding carboxylic acids is 3. The van der Waals surface area contributed by atoms with E-state index in [2.05, 4.69) is 5.32 Å². The van der Waals surface area contributed by atoms with E-state index in [4.69, 9.17) is 0 Å². The van der Waals surface area contributed by atoms with E-state index in [1.54, 1.807) is 34.1 Å². The monoisotopic (exact) mass is 451 g/mol. The average molecular weight is 452 g/mol. The number of hydrogen-bond acceptors (Lipinski definition) is 3. The highest BCUT2D eigenvalue weighted by Gasteiger charge is 2.30. The second kappa shape index (κ2) is 11.9. The van der Waals surface area contributed by atoms with E-state index in [-0.39, 0.29) is 42.5 Å². The van der Waals surface area contributed by atoms with E-state index in [0.717, 1.165) is 11.1 Å². The van der Waals surface area contributed by atoms with Gasteiger partial charge in [0, 0.05) is 38.2 Å². The molecule has 3 amide bonds. The quantitative estimate of drug-likeness (QED) is 0.627. The van der Waals surface area contributed by atoms with Gasteiger partial charge in [-0.05, 0) is 49.1 Å². The van der Waals surface area contributed by atoms with Crippen LogP contribution in [0.4, 0.5) is 4.39 Å². The van der Waals surface area contributed by atoms with Crippen LogP contribution >= 0.6 is 0 Å². The molecule has 1 N–H and O–H groups in total. The number of benzene rings is 2. The van der Waals surface area contributed by atoms with Crippen molar-refractivity contribution in [2.24, 2.45) is 5.92 Å². The van der Waals surface area contributed by atoms with Gasteiger partial charge in [-0.25, -0.2) is 4.39 Å². The minimum atomic E-state index is -0.326. The molecule has 1 aliphatic rings. The molecule has 3 rings (SSSR count). The van der Waals surface area contributed by atoms with Gasteiger partial charge in [0.2, 0.25) is 17.7 Å². The Balaban J connectivity index is 1.44. The van der Waals surface area contributed by atoms with Crippen molar-refractivity contribution in [2.75, 3.05) is 26.2 Å². The Morgan fingerprint density at radius 3 is 2.36 bits per heavy atom. The lowest BCUT2D eigenvalue weighted by molar-refractivity contribution is -0.141. The van der Waals surface area contributed by atoms with Crippen LogP contribution in [0.1, 0.15) is 30.9 Å². The molecule has 2 aromatic rings. The molecule has 33 heavy (non-hydrogen) atoms. The lowest BCUT2D eigenvalue weighted by atomic mass is 9.95. The summed E-state index contributed by atoms with van der Waals surface area (Å²) in [6.45, 7) is 3.57. The highest BCUT2D eigenvalue weighted by molar-refractivity contribution is 5.92. The summed E-state index contributed by atoms with van der Waals surface area (Å²) >= 11 is 0. The molecule has 0 aromatic heterocycles. The van der Waals surface area contributed by atoms with Gasteiger partial charge in [-0.1, -0.05) is 42.5 Å². The number of amides is 3. The van der Waals surface area contributed by atoms with Crippen LogP contribution in [0.2, 0.25) is 0 Å². The van der Waals surface area contributed by atoms with Crippen LogP contribution in [0.15, 0.2) is 60.7 Å². The fourth-order valence-electron chi connectivity index (χ4n) is 3.82. The first-order valence-electron chi connectivity index (χ1n) is 11.3. The van der Waals surface area contributed by atoms with E-state index < -0.39 is 0 Å². The molecule has 7 heteroatoms. The number of nitrogens with zero attached hydrogens (tertiary/aromatic N) is 2. The molecule has 0 unspecified atom stereocenters. The fraction of sp³-hybridized carbons (Fsp3) is 0.346. The second-order valence-corrected chi connectivity index (χ2v) is 8.10. The Bertz CT molecular complexity index is 968. The number of likely N-dealkylation sites (N-methyl/N-ethyl adjacent to an activating group) is 1. The minimum Gasteiger partial charge on any atom is -0.350 e. The third kappa shape index (κ3) is 7.27. The van der Waals surface area contributed by atoms with Gasteiger partial charge < -0.3 is 15.1 Å². The van der Waals surface area contributed by atoms with Crippen molar-refractivity contribution in [1.82, 2.24) is 15.1 Å². The van der Waals surface area contributed by atoms with Crippen LogP contribution in [0.25, 0.3) is 6.08 Å². The van der Waals surface area contributed by atoms with Crippen molar-refractivity contribution >= 4 is 23.8 Å². The zero-order chi connectivity index (χ0) is 23.6. The van der Waals surface area contributed by atoms with Crippen LogP contribution in [-0.4, -0.2) is 53.7 Å². The molecule has 174 valence electrons. The van der Waals surface area contributed by atoms with Gasteiger partial charge in [-0.15, -0.1) is 0 Å². The predicted octanol–water partition coefficient (Wildman–Crippen LogP) is 3.24. The largest absolute Gasteiger partial charge is 0.350 e. The number of rotatable bonds is 8. The molecular weight excluding hydrogens is 421 g/mol. The predicted molar refractivity (Wildman–Crippen MR) is 125 cm³/mol. The van der Waals surface area contributed by atoms with Crippen LogP contribution in [0.3, 0.4) is 0 Å². The van der Waals surface area contributed by atoms with Gasteiger partial charge >= 0.3 is 0 Å². The minimum absolute atomic E-state index is 0.0184. The summed E-state index contributed by atoms with van der Waals surface area (Å²) in [5.41, 5.74) is 1.75. The summed E-state index contributed by atoms with van der Waals surface area (Å²) in [5.74, 6) is -0.892. The number of hydrogen-bond donors (Lipinski definition) is 1. The highest BCUT2D eigenvalue weighted by Crippen LogP contribution is 2.20. The number of likely N-dealkylation sites (tertiary alicyclic amines) is 1. The molecule has 0 atom stereocenters. The summed E-state index contributed by atoms with van der Waals surface area (Å²) in [4.78, 5) is 41.1. The summed E-state index contributed by atoms with van der Waals surface area (Å²) < 4.78 is 13.0. The van der Waals surface area contributed by atoms with E-state index in [9.17, 15) is 18.8 Å². The van der Waals surface area contributed by atoms with Crippen molar-refractivity contribution in [3.63, 3.8) is 0 Å². The maximum atomic E-state index is 13.0. The zero-order valence-corrected chi connectivity index (χ0v) is 18.9. The van der Waals surface area contributed by atoms with Crippen molar-refractivity contribution in [2.45, 2.75) is 26.3 Å². The Morgan fingerprint density at radius 1 is 1.06 bits per heavy atom. The standard InChI is InChI=1S/C26H30FN3O3/c1-2-29(19-24(31)28-18-21-8-11-23(27)12-9-21)26(33)22-14-16-30(17-15-22)25(32)13-10-20-6-4-3-5-7-20/h3-13,22H,2,14-19H2,1H3,(H,28,31)/b13-10+. The lowest BCUT2D eigenvalue weighted by Crippen LogP contribution is -2.46. The van der Waals surface area contributed by atoms with Crippen LogP contribution < -0.4 is 5.32 Å². The van der Waals surface area contributed by atoms with Gasteiger partial charge in [0.05, 0.1) is 6.54 Å². The Labute approximate surface area is 194 Å². The molecule has 6 nitrogen and oxygen atoms in total. The summed E-state index contributed by atoms with van der Waals surface area (Å²) in [7, 11) is 0. The Morgan fingerprint density at radius 2 is 1.73 bits per heavy atom. The van der Waals surface area contributed by atoms with Crippen molar-refractivity contribution in [1.29, 1.82) is 0 Å². The van der Waals surface area contributed by atoms with Crippen molar-refractivity contribution < 1.29 is 18.8 Å². The molecule has 0 bridgehead atoms. The molecule has 0 spiro atoms. The fourth-order valence-corrected chi connectivity index (χ4v) is 3.82. The third-order valence-corrected chi connectivity index (χ3v) is 5.80. The van der Waals surface area contributed by atoms with Gasteiger partial charge in [0.15, 0.2) is 0 Å². The summed E-state index contributed by atoms with van der Waals surface area (Å²) in [5, 5.41) is 2.77. The summed E-state index contributed by atoms with van der Waals surface area (Å²) in [6, 6.07) is 15.6. The van der Waals surface area contributed by atoms with Gasteiger partial charge in [-0.3, -0.25) is 14.4 Å². The van der Waals surface area contributed by atoms with E-state index in [1.165, 1.54) is 12.1 Å².